The molecule has 146 valence electrons. The fourth-order valence-corrected chi connectivity index (χ4v) is 6.24. The van der Waals surface area contributed by atoms with Gasteiger partial charge in [-0.05, 0) is 61.0 Å². The zero-order valence-corrected chi connectivity index (χ0v) is 17.8. The molecule has 0 aromatic heterocycles. The Morgan fingerprint density at radius 2 is 2.00 bits per heavy atom. The molecule has 9 heteroatoms. The summed E-state index contributed by atoms with van der Waals surface area (Å²) in [7, 11) is -4.13. The van der Waals surface area contributed by atoms with Crippen molar-refractivity contribution in [2.24, 2.45) is 4.40 Å². The van der Waals surface area contributed by atoms with E-state index in [4.69, 9.17) is 27.9 Å². The monoisotopic (exact) mass is 446 g/mol. The zero-order valence-electron chi connectivity index (χ0n) is 14.6. The highest BCUT2D eigenvalue weighted by atomic mass is 35.5. The number of hydrogen-bond donors (Lipinski definition) is 0. The van der Waals surface area contributed by atoms with E-state index in [9.17, 15) is 13.5 Å². The number of halogens is 2. The lowest BCUT2D eigenvalue weighted by atomic mass is 10.0. The average molecular weight is 447 g/mol. The number of sulfonamides is 1. The Bertz CT molecular complexity index is 952. The van der Waals surface area contributed by atoms with Gasteiger partial charge in [0.25, 0.3) is 10.0 Å². The fraction of sp³-hybridized carbons (Fsp3) is 0.389. The molecule has 1 aromatic rings. The molecule has 5 nitrogen and oxygen atoms in total. The third-order valence-electron chi connectivity index (χ3n) is 4.26. The third-order valence-corrected chi connectivity index (χ3v) is 7.55. The topological polar surface area (TPSA) is 78.8 Å². The lowest BCUT2D eigenvalue weighted by molar-refractivity contribution is -0.357. The van der Waals surface area contributed by atoms with Gasteiger partial charge < -0.3 is 9.84 Å². The predicted molar refractivity (Wildman–Crippen MR) is 107 cm³/mol. The van der Waals surface area contributed by atoms with Crippen LogP contribution < -0.4 is 5.11 Å². The van der Waals surface area contributed by atoms with Crippen molar-refractivity contribution < 1.29 is 18.3 Å². The van der Waals surface area contributed by atoms with Crippen LogP contribution in [0.2, 0.25) is 10.0 Å². The number of ether oxygens (including phenoxy) is 1. The van der Waals surface area contributed by atoms with Gasteiger partial charge in [-0.25, -0.2) is 0 Å². The first-order valence-electron chi connectivity index (χ1n) is 8.58. The van der Waals surface area contributed by atoms with Gasteiger partial charge in [0.2, 0.25) is 0 Å². The molecular weight excluding hydrogens is 429 g/mol. The van der Waals surface area contributed by atoms with Crippen molar-refractivity contribution in [1.82, 2.24) is 0 Å². The summed E-state index contributed by atoms with van der Waals surface area (Å²) in [5.41, 5.74) is 1.13. The predicted octanol–water partition coefficient (Wildman–Crippen LogP) is 4.65. The molecule has 1 aliphatic heterocycles. The van der Waals surface area contributed by atoms with Crippen molar-refractivity contribution in [2.75, 3.05) is 6.61 Å². The Morgan fingerprint density at radius 3 is 2.74 bits per heavy atom. The molecular formula is C18H18Cl2NO4S2-. The lowest BCUT2D eigenvalue weighted by Crippen LogP contribution is -2.16. The second-order valence-corrected chi connectivity index (χ2v) is 9.61. The van der Waals surface area contributed by atoms with Gasteiger partial charge in [-0.2, -0.15) is 12.8 Å². The number of rotatable bonds is 4. The molecule has 0 saturated heterocycles. The van der Waals surface area contributed by atoms with Gasteiger partial charge in [-0.3, -0.25) is 0 Å². The highest BCUT2D eigenvalue weighted by Gasteiger charge is 2.31. The minimum absolute atomic E-state index is 0.0268. The fourth-order valence-electron chi connectivity index (χ4n) is 3.04. The summed E-state index contributed by atoms with van der Waals surface area (Å²) in [5, 5.41) is 12.9. The van der Waals surface area contributed by atoms with Gasteiger partial charge in [-0.1, -0.05) is 48.3 Å². The molecule has 0 bridgehead atoms. The lowest BCUT2D eigenvalue weighted by Gasteiger charge is -2.18. The molecule has 0 fully saturated rings. The summed E-state index contributed by atoms with van der Waals surface area (Å²) in [6, 6.07) is 4.16. The van der Waals surface area contributed by atoms with Crippen molar-refractivity contribution >= 4 is 50.0 Å². The largest absolute Gasteiger partial charge is 0.613 e. The Hall–Kier alpha value is -1.15. The SMILES string of the molecule is CCOC([O-])=C1C(=NS(=O)(=O)c2cc(Cl)ccc2Cl)SC2=C1CCCCC2. The van der Waals surface area contributed by atoms with Crippen LogP contribution in [0.1, 0.15) is 39.0 Å². The Kier molecular flexibility index (Phi) is 6.46. The Labute approximate surface area is 173 Å². The molecule has 0 spiro atoms. The van der Waals surface area contributed by atoms with E-state index in [2.05, 4.69) is 4.40 Å². The maximum absolute atomic E-state index is 12.8. The zero-order chi connectivity index (χ0) is 19.6. The van der Waals surface area contributed by atoms with Crippen LogP contribution in [-0.2, 0) is 14.8 Å². The maximum atomic E-state index is 12.8. The normalized spacial score (nSPS) is 21.2. The van der Waals surface area contributed by atoms with Crippen LogP contribution in [0, 0.1) is 0 Å². The van der Waals surface area contributed by atoms with Gasteiger partial charge in [0, 0.05) is 10.6 Å². The van der Waals surface area contributed by atoms with Crippen LogP contribution in [0.5, 0.6) is 0 Å². The van der Waals surface area contributed by atoms with Crippen LogP contribution >= 0.6 is 35.0 Å². The van der Waals surface area contributed by atoms with E-state index in [0.29, 0.717) is 6.42 Å². The van der Waals surface area contributed by atoms with Crippen molar-refractivity contribution in [3.8, 4) is 0 Å². The first kappa shape index (κ1) is 20.6. The quantitative estimate of drug-likeness (QED) is 0.628. The van der Waals surface area contributed by atoms with Crippen LogP contribution in [0.3, 0.4) is 0 Å². The van der Waals surface area contributed by atoms with E-state index >= 15 is 0 Å². The van der Waals surface area contributed by atoms with E-state index < -0.39 is 16.0 Å². The van der Waals surface area contributed by atoms with Gasteiger partial charge in [0.1, 0.15) is 9.94 Å². The van der Waals surface area contributed by atoms with Crippen molar-refractivity contribution in [3.05, 3.63) is 50.2 Å². The second kappa shape index (κ2) is 8.47. The first-order valence-corrected chi connectivity index (χ1v) is 11.6. The summed E-state index contributed by atoms with van der Waals surface area (Å²) >= 11 is 13.2. The van der Waals surface area contributed by atoms with Gasteiger partial charge in [-0.15, -0.1) is 0 Å². The molecule has 0 saturated carbocycles. The van der Waals surface area contributed by atoms with Crippen LogP contribution in [0.4, 0.5) is 0 Å². The van der Waals surface area contributed by atoms with E-state index in [1.165, 1.54) is 30.0 Å². The minimum atomic E-state index is -4.13. The molecule has 1 aromatic carbocycles. The van der Waals surface area contributed by atoms with Crippen molar-refractivity contribution in [2.45, 2.75) is 43.9 Å². The van der Waals surface area contributed by atoms with Gasteiger partial charge >= 0.3 is 0 Å². The van der Waals surface area contributed by atoms with Gasteiger partial charge in [0.05, 0.1) is 11.0 Å². The second-order valence-electron chi connectivity index (χ2n) is 6.11. The highest BCUT2D eigenvalue weighted by Crippen LogP contribution is 2.46. The number of benzene rings is 1. The van der Waals surface area contributed by atoms with Crippen molar-refractivity contribution in [1.29, 1.82) is 0 Å². The van der Waals surface area contributed by atoms with Gasteiger partial charge in [0.15, 0.2) is 0 Å². The Balaban J connectivity index is 2.09. The standard InChI is InChI=1S/C18H19Cl2NO4S2/c1-2-25-18(22)16-12-6-4-3-5-7-14(12)26-17(16)21-27(23,24)15-10-11(19)8-9-13(15)20/h8-10,22H,2-7H2,1H3/p-1. The average Bonchev–Trinajstić information content (AvgIpc) is 2.77. The summed E-state index contributed by atoms with van der Waals surface area (Å²) in [6.07, 6.45) is 4.55. The molecule has 1 aliphatic carbocycles. The minimum Gasteiger partial charge on any atom is -0.613 e. The highest BCUT2D eigenvalue weighted by molar-refractivity contribution is 8.18. The van der Waals surface area contributed by atoms with Crippen LogP contribution in [-0.4, -0.2) is 20.1 Å². The molecule has 27 heavy (non-hydrogen) atoms. The number of thioether (sulfide) groups is 1. The molecule has 0 atom stereocenters. The van der Waals surface area contributed by atoms with E-state index in [1.54, 1.807) is 6.92 Å². The summed E-state index contributed by atoms with van der Waals surface area (Å²) in [5.74, 6) is -0.539. The summed E-state index contributed by atoms with van der Waals surface area (Å²) in [4.78, 5) is 0.816. The number of hydrogen-bond acceptors (Lipinski definition) is 5. The molecule has 0 radical (unpaired) electrons. The first-order chi connectivity index (χ1) is 12.8. The molecule has 3 rings (SSSR count). The molecule has 0 N–H and O–H groups in total. The van der Waals surface area contributed by atoms with Crippen molar-refractivity contribution in [3.63, 3.8) is 0 Å². The van der Waals surface area contributed by atoms with E-state index in [-0.39, 0.29) is 32.2 Å². The van der Waals surface area contributed by atoms with E-state index in [0.717, 1.165) is 36.2 Å². The number of allylic oxidation sites excluding steroid dienone is 2. The maximum Gasteiger partial charge on any atom is 0.284 e. The molecule has 1 heterocycles. The summed E-state index contributed by atoms with van der Waals surface area (Å²) in [6.45, 7) is 1.91. The molecule has 2 aliphatic rings. The molecule has 0 unspecified atom stereocenters. The van der Waals surface area contributed by atoms with E-state index in [1.807, 2.05) is 0 Å². The van der Waals surface area contributed by atoms with Crippen LogP contribution in [0.15, 0.2) is 49.5 Å². The van der Waals surface area contributed by atoms with Crippen LogP contribution in [0.25, 0.3) is 0 Å². The smallest absolute Gasteiger partial charge is 0.284 e. The summed E-state index contributed by atoms with van der Waals surface area (Å²) < 4.78 is 34.8. The molecule has 0 amide bonds. The Morgan fingerprint density at radius 1 is 1.26 bits per heavy atom. The number of nitrogens with zero attached hydrogens (tertiary/aromatic N) is 1. The third kappa shape index (κ3) is 4.47.